The smallest absolute Gasteiger partial charge is 0.119 e. The maximum Gasteiger partial charge on any atom is 0.119 e. The molecule has 0 fully saturated rings. The predicted octanol–water partition coefficient (Wildman–Crippen LogP) is 6.56. The Hall–Kier alpha value is -3.78. The Labute approximate surface area is 265 Å². The van der Waals surface area contributed by atoms with Gasteiger partial charge in [0.05, 0.1) is 18.8 Å². The summed E-state index contributed by atoms with van der Waals surface area (Å²) in [7, 11) is 1.73. The van der Waals surface area contributed by atoms with Crippen LogP contribution >= 0.6 is 11.7 Å². The number of benzene rings is 4. The number of nitrogens with zero attached hydrogens (tertiary/aromatic N) is 4. The lowest BCUT2D eigenvalue weighted by Gasteiger charge is -2.20. The van der Waals surface area contributed by atoms with Crippen molar-refractivity contribution < 1.29 is 4.74 Å². The second-order valence-corrected chi connectivity index (χ2v) is 12.7. The molecule has 3 aliphatic heterocycles. The Balaban J connectivity index is 0.000000143. The van der Waals surface area contributed by atoms with Crippen LogP contribution in [-0.2, 0) is 45.2 Å². The quantitative estimate of drug-likeness (QED) is 0.246. The van der Waals surface area contributed by atoms with Crippen molar-refractivity contribution in [1.29, 1.82) is 0 Å². The zero-order chi connectivity index (χ0) is 29.7. The van der Waals surface area contributed by atoms with E-state index in [9.17, 15) is 0 Å². The van der Waals surface area contributed by atoms with Crippen LogP contribution in [0.4, 0.5) is 5.69 Å². The number of hydrogen-bond acceptors (Lipinski definition) is 7. The summed E-state index contributed by atoms with van der Waals surface area (Å²) in [6.07, 6.45) is 5.71. The van der Waals surface area contributed by atoms with Gasteiger partial charge in [0.25, 0.3) is 0 Å². The van der Waals surface area contributed by atoms with Gasteiger partial charge in [-0.15, -0.1) is 0 Å². The SMILES string of the molecule is COc1ccc2c(c1)CCN(Cc1ccc3nsnc3c1)CC2.c1ccc2c(c1)CCN(Cc1ccc3c(c1)NCC3)CC2. The molecule has 8 rings (SSSR count). The number of nitrogens with one attached hydrogen (secondary N) is 1. The first-order chi connectivity index (χ1) is 21.7. The van der Waals surface area contributed by atoms with Crippen LogP contribution in [0.15, 0.2) is 78.9 Å². The minimum atomic E-state index is 0.957. The number of rotatable bonds is 5. The molecule has 7 heteroatoms. The summed E-state index contributed by atoms with van der Waals surface area (Å²) in [5.74, 6) is 0.957. The van der Waals surface area contributed by atoms with Crippen molar-refractivity contribution in [2.75, 3.05) is 45.2 Å². The molecule has 226 valence electrons. The minimum Gasteiger partial charge on any atom is -0.497 e. The fourth-order valence-corrected chi connectivity index (χ4v) is 7.30. The summed E-state index contributed by atoms with van der Waals surface area (Å²) in [6.45, 7) is 7.64. The summed E-state index contributed by atoms with van der Waals surface area (Å²) in [5.41, 5.74) is 13.5. The van der Waals surface area contributed by atoms with Gasteiger partial charge >= 0.3 is 0 Å². The third kappa shape index (κ3) is 6.80. The Kier molecular flexibility index (Phi) is 8.86. The fourth-order valence-electron chi connectivity index (χ4n) is 6.78. The zero-order valence-corrected chi connectivity index (χ0v) is 26.4. The first-order valence-corrected chi connectivity index (χ1v) is 16.7. The number of ether oxygens (including phenoxy) is 1. The fraction of sp³-hybridized carbons (Fsp3) is 0.351. The standard InChI is InChI=1S/C19H22N2.C18H19N3OS/c1-2-4-17-9-12-21(11-8-16(17)3-1)14-15-5-6-18-7-10-20-19(18)13-15;1-22-16-4-3-14-6-8-21(9-7-15(14)11-16)12-13-2-5-17-18(10-13)20-23-19-17/h1-6,13,20H,7-12,14H2;2-5,10-11H,6-9,12H2,1H3. The van der Waals surface area contributed by atoms with E-state index in [1.807, 2.05) is 0 Å². The van der Waals surface area contributed by atoms with Crippen LogP contribution < -0.4 is 10.1 Å². The monoisotopic (exact) mass is 603 g/mol. The van der Waals surface area contributed by atoms with Crippen molar-refractivity contribution in [1.82, 2.24) is 18.5 Å². The zero-order valence-electron chi connectivity index (χ0n) is 25.6. The molecule has 0 aliphatic carbocycles. The third-order valence-electron chi connectivity index (χ3n) is 9.34. The Bertz CT molecular complexity index is 1710. The maximum atomic E-state index is 5.35. The second-order valence-electron chi connectivity index (χ2n) is 12.2. The highest BCUT2D eigenvalue weighted by molar-refractivity contribution is 7.00. The van der Waals surface area contributed by atoms with E-state index in [1.54, 1.807) is 7.11 Å². The molecule has 0 amide bonds. The van der Waals surface area contributed by atoms with Gasteiger partial charge in [-0.25, -0.2) is 0 Å². The topological polar surface area (TPSA) is 53.5 Å². The van der Waals surface area contributed by atoms with Gasteiger partial charge in [-0.2, -0.15) is 8.75 Å². The number of anilines is 1. The number of fused-ring (bicyclic) bond motifs is 4. The van der Waals surface area contributed by atoms with E-state index in [4.69, 9.17) is 4.74 Å². The highest BCUT2D eigenvalue weighted by atomic mass is 32.1. The first kappa shape index (κ1) is 29.0. The molecule has 6 nitrogen and oxygen atoms in total. The summed E-state index contributed by atoms with van der Waals surface area (Å²) < 4.78 is 14.0. The summed E-state index contributed by atoms with van der Waals surface area (Å²) in [5, 5.41) is 3.49. The van der Waals surface area contributed by atoms with Crippen molar-refractivity contribution in [3.05, 3.63) is 118 Å². The van der Waals surface area contributed by atoms with E-state index in [0.29, 0.717) is 0 Å². The molecule has 0 spiro atoms. The van der Waals surface area contributed by atoms with E-state index < -0.39 is 0 Å². The number of aromatic nitrogens is 2. The highest BCUT2D eigenvalue weighted by Crippen LogP contribution is 2.25. The van der Waals surface area contributed by atoms with Gasteiger partial charge in [0.15, 0.2) is 0 Å². The van der Waals surface area contributed by atoms with Crippen molar-refractivity contribution >= 4 is 28.4 Å². The molecular weight excluding hydrogens is 563 g/mol. The molecule has 0 radical (unpaired) electrons. The van der Waals surface area contributed by atoms with Crippen molar-refractivity contribution in [3.8, 4) is 5.75 Å². The molecule has 1 N–H and O–H groups in total. The second kappa shape index (κ2) is 13.5. The summed E-state index contributed by atoms with van der Waals surface area (Å²) in [6, 6.07) is 28.8. The Morgan fingerprint density at radius 1 is 0.636 bits per heavy atom. The summed E-state index contributed by atoms with van der Waals surface area (Å²) >= 11 is 1.28. The lowest BCUT2D eigenvalue weighted by molar-refractivity contribution is 0.279. The molecule has 5 aromatic rings. The van der Waals surface area contributed by atoms with E-state index in [1.165, 1.54) is 88.7 Å². The largest absolute Gasteiger partial charge is 0.497 e. The average Bonchev–Trinajstić information content (AvgIpc) is 3.63. The normalized spacial score (nSPS) is 16.5. The van der Waals surface area contributed by atoms with Crippen LogP contribution in [0.2, 0.25) is 0 Å². The molecule has 1 aromatic heterocycles. The minimum absolute atomic E-state index is 0.957. The van der Waals surface area contributed by atoms with Gasteiger partial charge in [-0.05, 0) is 101 Å². The van der Waals surface area contributed by atoms with Gasteiger partial charge in [-0.1, -0.05) is 48.5 Å². The molecule has 0 saturated carbocycles. The van der Waals surface area contributed by atoms with Crippen molar-refractivity contribution in [3.63, 3.8) is 0 Å². The van der Waals surface area contributed by atoms with Crippen LogP contribution in [0.5, 0.6) is 5.75 Å². The molecule has 3 aliphatic rings. The van der Waals surface area contributed by atoms with E-state index in [-0.39, 0.29) is 0 Å². The maximum absolute atomic E-state index is 5.35. The van der Waals surface area contributed by atoms with Crippen LogP contribution in [-0.4, -0.2) is 58.4 Å². The number of hydrogen-bond donors (Lipinski definition) is 1. The highest BCUT2D eigenvalue weighted by Gasteiger charge is 2.17. The molecule has 4 heterocycles. The first-order valence-electron chi connectivity index (χ1n) is 15.9. The van der Waals surface area contributed by atoms with E-state index in [0.717, 1.165) is 62.3 Å². The van der Waals surface area contributed by atoms with E-state index in [2.05, 4.69) is 103 Å². The van der Waals surface area contributed by atoms with E-state index >= 15 is 0 Å². The van der Waals surface area contributed by atoms with Crippen molar-refractivity contribution in [2.45, 2.75) is 45.2 Å². The predicted molar refractivity (Wildman–Crippen MR) is 181 cm³/mol. The lowest BCUT2D eigenvalue weighted by atomic mass is 10.0. The Morgan fingerprint density at radius 2 is 1.25 bits per heavy atom. The van der Waals surface area contributed by atoms with Crippen LogP contribution in [0.1, 0.15) is 38.9 Å². The van der Waals surface area contributed by atoms with Gasteiger partial charge in [-0.3, -0.25) is 9.80 Å². The third-order valence-corrected chi connectivity index (χ3v) is 9.89. The van der Waals surface area contributed by atoms with Gasteiger partial charge < -0.3 is 10.1 Å². The van der Waals surface area contributed by atoms with Gasteiger partial charge in [0.1, 0.15) is 16.8 Å². The van der Waals surface area contributed by atoms with Gasteiger partial charge in [0.2, 0.25) is 0 Å². The molecule has 4 aromatic carbocycles. The van der Waals surface area contributed by atoms with Crippen LogP contribution in [0, 0.1) is 0 Å². The Morgan fingerprint density at radius 3 is 1.98 bits per heavy atom. The molecular formula is C37H41N5OS. The molecule has 0 atom stereocenters. The molecule has 44 heavy (non-hydrogen) atoms. The van der Waals surface area contributed by atoms with Crippen molar-refractivity contribution in [2.24, 2.45) is 0 Å². The van der Waals surface area contributed by atoms with Crippen LogP contribution in [0.3, 0.4) is 0 Å². The molecule has 0 unspecified atom stereocenters. The molecule has 0 saturated heterocycles. The average molecular weight is 604 g/mol. The summed E-state index contributed by atoms with van der Waals surface area (Å²) in [4.78, 5) is 5.12. The molecule has 0 bridgehead atoms. The van der Waals surface area contributed by atoms with Gasteiger partial charge in [0, 0.05) is 51.5 Å². The number of methoxy groups -OCH3 is 1. The van der Waals surface area contributed by atoms with Crippen LogP contribution in [0.25, 0.3) is 11.0 Å². The lowest BCUT2D eigenvalue weighted by Crippen LogP contribution is -2.25.